The molecule has 0 aromatic heterocycles. The summed E-state index contributed by atoms with van der Waals surface area (Å²) in [6.45, 7) is 1.04. The number of aliphatic carboxylic acids is 1. The Morgan fingerprint density at radius 2 is 1.88 bits per heavy atom. The van der Waals surface area contributed by atoms with Gasteiger partial charge in [0, 0.05) is 14.8 Å². The average Bonchev–Trinajstić information content (AvgIpc) is 3.02. The molecular weight excluding hydrogens is 563 g/mol. The number of para-hydroxylation sites is 1. The van der Waals surface area contributed by atoms with Crippen LogP contribution in [-0.4, -0.2) is 52.8 Å². The van der Waals surface area contributed by atoms with Crippen LogP contribution in [-0.2, 0) is 14.4 Å². The molecule has 0 unspecified atom stereocenters. The van der Waals surface area contributed by atoms with E-state index < -0.39 is 36.2 Å². The third-order valence-electron chi connectivity index (χ3n) is 4.24. The number of carboxylic acids is 1. The molecule has 3 rings (SSSR count). The van der Waals surface area contributed by atoms with Gasteiger partial charge in [-0.2, -0.15) is 0 Å². The number of nitrogens with one attached hydrogen (secondary N) is 1. The number of hydrogen-bond acceptors (Lipinski definition) is 7. The molecule has 0 radical (unpaired) electrons. The second-order valence-corrected chi connectivity index (χ2v) is 8.85. The number of anilines is 1. The summed E-state index contributed by atoms with van der Waals surface area (Å²) < 4.78 is 11.9. The van der Waals surface area contributed by atoms with Crippen LogP contribution in [0.2, 0.25) is 0 Å². The number of ether oxygens (including phenoxy) is 2. The van der Waals surface area contributed by atoms with Crippen molar-refractivity contribution < 1.29 is 33.8 Å². The van der Waals surface area contributed by atoms with Gasteiger partial charge in [0.2, 0.25) is 5.91 Å². The van der Waals surface area contributed by atoms with E-state index in [9.17, 15) is 19.2 Å². The van der Waals surface area contributed by atoms with Crippen molar-refractivity contribution in [3.8, 4) is 11.5 Å². The van der Waals surface area contributed by atoms with Crippen LogP contribution in [0.4, 0.5) is 10.5 Å². The summed E-state index contributed by atoms with van der Waals surface area (Å²) in [6.07, 6.45) is 1.42. The van der Waals surface area contributed by atoms with Gasteiger partial charge in [0.15, 0.2) is 18.1 Å². The fraction of sp³-hybridized carbons (Fsp3) is 0.182. The standard InChI is InChI=1S/C22H19IN2O7S/c1-2-31-16-5-3-4-13(20(16)32-12-19(27)28)10-17-21(29)25(22(30)33-17)11-18(26)24-15-8-6-14(23)7-9-15/h3-10H,2,11-12H2,1H3,(H,24,26)(H,27,28)/b17-10-. The van der Waals surface area contributed by atoms with Crippen LogP contribution in [0, 0.1) is 3.57 Å². The zero-order chi connectivity index (χ0) is 24.0. The van der Waals surface area contributed by atoms with Crippen molar-refractivity contribution in [3.05, 3.63) is 56.5 Å². The zero-order valence-corrected chi connectivity index (χ0v) is 20.3. The van der Waals surface area contributed by atoms with E-state index >= 15 is 0 Å². The lowest BCUT2D eigenvalue weighted by Crippen LogP contribution is -2.36. The van der Waals surface area contributed by atoms with Crippen LogP contribution in [0.5, 0.6) is 11.5 Å². The molecule has 33 heavy (non-hydrogen) atoms. The van der Waals surface area contributed by atoms with Crippen LogP contribution >= 0.6 is 34.4 Å². The zero-order valence-electron chi connectivity index (χ0n) is 17.4. The van der Waals surface area contributed by atoms with Gasteiger partial charge in [0.1, 0.15) is 6.54 Å². The number of imide groups is 1. The molecule has 1 fully saturated rings. The molecule has 0 saturated carbocycles. The maximum Gasteiger partial charge on any atom is 0.341 e. The first-order valence-corrected chi connectivity index (χ1v) is 11.6. The molecule has 1 heterocycles. The van der Waals surface area contributed by atoms with E-state index in [1.54, 1.807) is 37.3 Å². The van der Waals surface area contributed by atoms with E-state index in [0.29, 0.717) is 35.4 Å². The van der Waals surface area contributed by atoms with Gasteiger partial charge in [0.05, 0.1) is 11.5 Å². The van der Waals surface area contributed by atoms with E-state index in [2.05, 4.69) is 27.9 Å². The Morgan fingerprint density at radius 3 is 2.55 bits per heavy atom. The summed E-state index contributed by atoms with van der Waals surface area (Å²) in [5, 5.41) is 11.0. The van der Waals surface area contributed by atoms with E-state index in [1.165, 1.54) is 6.08 Å². The minimum atomic E-state index is -1.17. The SMILES string of the molecule is CCOc1cccc(/C=C2\SC(=O)N(CC(=O)Nc3ccc(I)cc3)C2=O)c1OCC(=O)O. The van der Waals surface area contributed by atoms with E-state index in [0.717, 1.165) is 8.47 Å². The largest absolute Gasteiger partial charge is 0.490 e. The summed E-state index contributed by atoms with van der Waals surface area (Å²) in [6, 6.07) is 12.0. The Labute approximate surface area is 207 Å². The third kappa shape index (κ3) is 6.48. The van der Waals surface area contributed by atoms with Crippen molar-refractivity contribution in [3.63, 3.8) is 0 Å². The second-order valence-electron chi connectivity index (χ2n) is 6.61. The van der Waals surface area contributed by atoms with Crippen LogP contribution in [0.25, 0.3) is 6.08 Å². The number of nitrogens with zero attached hydrogens (tertiary/aromatic N) is 1. The highest BCUT2D eigenvalue weighted by Crippen LogP contribution is 2.37. The van der Waals surface area contributed by atoms with Crippen LogP contribution in [0.15, 0.2) is 47.4 Å². The number of rotatable bonds is 9. The molecule has 0 bridgehead atoms. The lowest BCUT2D eigenvalue weighted by Gasteiger charge is -2.14. The number of carbonyl (C=O) groups is 4. The summed E-state index contributed by atoms with van der Waals surface area (Å²) >= 11 is 2.82. The Hall–Kier alpha value is -3.06. The van der Waals surface area contributed by atoms with Gasteiger partial charge in [-0.3, -0.25) is 19.3 Å². The molecular formula is C22H19IN2O7S. The fourth-order valence-electron chi connectivity index (χ4n) is 2.86. The molecule has 0 aliphatic carbocycles. The summed E-state index contributed by atoms with van der Waals surface area (Å²) in [4.78, 5) is 49.4. The maximum atomic E-state index is 12.8. The van der Waals surface area contributed by atoms with Crippen LogP contribution < -0.4 is 14.8 Å². The van der Waals surface area contributed by atoms with Gasteiger partial charge in [0.25, 0.3) is 11.1 Å². The third-order valence-corrected chi connectivity index (χ3v) is 5.87. The van der Waals surface area contributed by atoms with E-state index in [-0.39, 0.29) is 10.7 Å². The number of halogens is 1. The fourth-order valence-corrected chi connectivity index (χ4v) is 4.05. The maximum absolute atomic E-state index is 12.8. The van der Waals surface area contributed by atoms with E-state index in [4.69, 9.17) is 14.6 Å². The van der Waals surface area contributed by atoms with Crippen molar-refractivity contribution in [2.45, 2.75) is 6.92 Å². The number of thioether (sulfide) groups is 1. The predicted octanol–water partition coefficient (Wildman–Crippen LogP) is 3.83. The van der Waals surface area contributed by atoms with E-state index in [1.807, 2.05) is 12.1 Å². The van der Waals surface area contributed by atoms with Gasteiger partial charge in [-0.15, -0.1) is 0 Å². The topological polar surface area (TPSA) is 122 Å². The highest BCUT2D eigenvalue weighted by atomic mass is 127. The Morgan fingerprint density at radius 1 is 1.15 bits per heavy atom. The molecule has 1 saturated heterocycles. The average molecular weight is 582 g/mol. The molecule has 2 aromatic rings. The van der Waals surface area contributed by atoms with Crippen molar-refractivity contribution >= 4 is 69.1 Å². The Balaban J connectivity index is 1.78. The lowest BCUT2D eigenvalue weighted by molar-refractivity contribution is -0.139. The number of carboxylic acid groups (broad SMARTS) is 1. The monoisotopic (exact) mass is 582 g/mol. The molecule has 1 aliphatic rings. The van der Waals surface area contributed by atoms with Crippen LogP contribution in [0.3, 0.4) is 0 Å². The normalized spacial score (nSPS) is 14.5. The first-order chi connectivity index (χ1) is 15.8. The molecule has 2 aromatic carbocycles. The van der Waals surface area contributed by atoms with Gasteiger partial charge in [-0.05, 0) is 77.7 Å². The van der Waals surface area contributed by atoms with Crippen molar-refractivity contribution in [1.82, 2.24) is 4.90 Å². The molecule has 11 heteroatoms. The Bertz CT molecular complexity index is 1120. The molecule has 2 N–H and O–H groups in total. The molecule has 0 spiro atoms. The molecule has 0 atom stereocenters. The quantitative estimate of drug-likeness (QED) is 0.338. The molecule has 172 valence electrons. The number of hydrogen-bond donors (Lipinski definition) is 2. The highest BCUT2D eigenvalue weighted by Gasteiger charge is 2.36. The second kappa shape index (κ2) is 11.2. The van der Waals surface area contributed by atoms with Crippen molar-refractivity contribution in [1.29, 1.82) is 0 Å². The minimum Gasteiger partial charge on any atom is -0.490 e. The minimum absolute atomic E-state index is 0.0795. The van der Waals surface area contributed by atoms with Gasteiger partial charge in [-0.1, -0.05) is 12.1 Å². The molecule has 3 amide bonds. The Kier molecular flexibility index (Phi) is 8.33. The van der Waals surface area contributed by atoms with Gasteiger partial charge >= 0.3 is 5.97 Å². The molecule has 1 aliphatic heterocycles. The highest BCUT2D eigenvalue weighted by molar-refractivity contribution is 14.1. The van der Waals surface area contributed by atoms with Gasteiger partial charge < -0.3 is 19.9 Å². The lowest BCUT2D eigenvalue weighted by atomic mass is 10.1. The summed E-state index contributed by atoms with van der Waals surface area (Å²) in [5.74, 6) is -1.86. The first kappa shape index (κ1) is 24.6. The smallest absolute Gasteiger partial charge is 0.341 e. The molecule has 9 nitrogen and oxygen atoms in total. The number of benzene rings is 2. The van der Waals surface area contributed by atoms with Gasteiger partial charge in [-0.25, -0.2) is 4.79 Å². The number of amides is 3. The first-order valence-electron chi connectivity index (χ1n) is 9.69. The number of carbonyl (C=O) groups excluding carboxylic acids is 3. The summed E-state index contributed by atoms with van der Waals surface area (Å²) in [7, 11) is 0. The summed E-state index contributed by atoms with van der Waals surface area (Å²) in [5.41, 5.74) is 0.923. The van der Waals surface area contributed by atoms with Crippen molar-refractivity contribution in [2.75, 3.05) is 25.1 Å². The van der Waals surface area contributed by atoms with Crippen LogP contribution in [0.1, 0.15) is 12.5 Å². The predicted molar refractivity (Wildman–Crippen MR) is 131 cm³/mol. The van der Waals surface area contributed by atoms with Crippen molar-refractivity contribution in [2.24, 2.45) is 0 Å².